The second-order valence-electron chi connectivity index (χ2n) is 6.55. The van der Waals surface area contributed by atoms with E-state index in [1.54, 1.807) is 6.07 Å². The second kappa shape index (κ2) is 7.82. The molecule has 0 bridgehead atoms. The molecule has 4 rings (SSSR count). The highest BCUT2D eigenvalue weighted by Crippen LogP contribution is 2.20. The molecule has 0 spiro atoms. The van der Waals surface area contributed by atoms with Crippen molar-refractivity contribution in [2.24, 2.45) is 0 Å². The summed E-state index contributed by atoms with van der Waals surface area (Å²) >= 11 is 6.05. The van der Waals surface area contributed by atoms with Crippen LogP contribution >= 0.6 is 11.6 Å². The molecular formula is C22H19ClN4O. The van der Waals surface area contributed by atoms with Gasteiger partial charge in [-0.1, -0.05) is 29.8 Å². The molecule has 1 amide bonds. The maximum absolute atomic E-state index is 12.6. The Bertz CT molecular complexity index is 1140. The van der Waals surface area contributed by atoms with Crippen molar-refractivity contribution in [2.45, 2.75) is 13.3 Å². The molecule has 1 N–H and O–H groups in total. The van der Waals surface area contributed by atoms with Crippen molar-refractivity contribution in [3.63, 3.8) is 0 Å². The number of fused-ring (bicyclic) bond motifs is 1. The van der Waals surface area contributed by atoms with E-state index in [1.165, 1.54) is 0 Å². The summed E-state index contributed by atoms with van der Waals surface area (Å²) in [5.74, 6) is -0.144. The number of hydrogen-bond donors (Lipinski definition) is 1. The summed E-state index contributed by atoms with van der Waals surface area (Å²) in [4.78, 5) is 17.1. The molecule has 0 saturated heterocycles. The van der Waals surface area contributed by atoms with Crippen LogP contribution in [0.2, 0.25) is 5.02 Å². The first-order valence-corrected chi connectivity index (χ1v) is 9.43. The van der Waals surface area contributed by atoms with E-state index < -0.39 is 0 Å². The molecule has 0 aliphatic rings. The molecule has 2 aromatic heterocycles. The third-order valence-corrected chi connectivity index (χ3v) is 4.78. The van der Waals surface area contributed by atoms with Crippen LogP contribution in [0.4, 0.5) is 0 Å². The number of hydrogen-bond acceptors (Lipinski definition) is 3. The highest BCUT2D eigenvalue weighted by molar-refractivity contribution is 6.31. The maximum atomic E-state index is 12.6. The lowest BCUT2D eigenvalue weighted by atomic mass is 10.1. The van der Waals surface area contributed by atoms with E-state index in [2.05, 4.69) is 15.4 Å². The summed E-state index contributed by atoms with van der Waals surface area (Å²) in [6, 6.07) is 19.2. The van der Waals surface area contributed by atoms with Crippen molar-refractivity contribution in [1.29, 1.82) is 0 Å². The van der Waals surface area contributed by atoms with Crippen LogP contribution in [0, 0.1) is 6.92 Å². The van der Waals surface area contributed by atoms with Crippen LogP contribution in [0.1, 0.15) is 21.7 Å². The number of pyridine rings is 1. The van der Waals surface area contributed by atoms with Gasteiger partial charge in [-0.2, -0.15) is 5.10 Å². The molecule has 28 heavy (non-hydrogen) atoms. The molecule has 2 heterocycles. The van der Waals surface area contributed by atoms with Crippen LogP contribution in [0.25, 0.3) is 16.6 Å². The summed E-state index contributed by atoms with van der Waals surface area (Å²) in [6.07, 6.45) is 2.57. The molecule has 0 atom stereocenters. The van der Waals surface area contributed by atoms with Crippen LogP contribution in [0.5, 0.6) is 0 Å². The standard InChI is InChI=1S/C22H19ClN4O/c1-15-20(14-16-13-17(23)7-8-21(16)25-15)22(28)24-11-9-18-10-12-27(26-18)19-5-3-2-4-6-19/h2-8,10,12-14H,9,11H2,1H3,(H,24,28). The predicted octanol–water partition coefficient (Wildman–Crippen LogP) is 4.35. The Morgan fingerprint density at radius 1 is 1.11 bits per heavy atom. The summed E-state index contributed by atoms with van der Waals surface area (Å²) in [6.45, 7) is 2.34. The monoisotopic (exact) mass is 390 g/mol. The van der Waals surface area contributed by atoms with Gasteiger partial charge in [0, 0.05) is 29.6 Å². The van der Waals surface area contributed by atoms with E-state index in [0.717, 1.165) is 22.3 Å². The van der Waals surface area contributed by atoms with Crippen molar-refractivity contribution in [3.05, 3.63) is 88.8 Å². The average molecular weight is 391 g/mol. The second-order valence-corrected chi connectivity index (χ2v) is 6.99. The summed E-state index contributed by atoms with van der Waals surface area (Å²) in [5.41, 5.74) is 4.01. The highest BCUT2D eigenvalue weighted by atomic mass is 35.5. The molecule has 0 unspecified atom stereocenters. The van der Waals surface area contributed by atoms with E-state index in [-0.39, 0.29) is 5.91 Å². The number of halogens is 1. The fourth-order valence-electron chi connectivity index (χ4n) is 3.09. The van der Waals surface area contributed by atoms with E-state index in [9.17, 15) is 4.79 Å². The number of para-hydroxylation sites is 1. The zero-order valence-electron chi connectivity index (χ0n) is 15.4. The first-order valence-electron chi connectivity index (χ1n) is 9.05. The molecule has 0 fully saturated rings. The number of nitrogens with zero attached hydrogens (tertiary/aromatic N) is 3. The number of aromatic nitrogens is 3. The molecule has 0 aliphatic heterocycles. The van der Waals surface area contributed by atoms with Crippen LogP contribution in [0.3, 0.4) is 0 Å². The van der Waals surface area contributed by atoms with Gasteiger partial charge in [0.1, 0.15) is 0 Å². The van der Waals surface area contributed by atoms with Crippen molar-refractivity contribution < 1.29 is 4.79 Å². The van der Waals surface area contributed by atoms with E-state index in [4.69, 9.17) is 11.6 Å². The first-order chi connectivity index (χ1) is 13.6. The topological polar surface area (TPSA) is 59.8 Å². The first kappa shape index (κ1) is 18.2. The van der Waals surface area contributed by atoms with Gasteiger partial charge in [-0.3, -0.25) is 9.78 Å². The Hall–Kier alpha value is -3.18. The van der Waals surface area contributed by atoms with Gasteiger partial charge in [-0.25, -0.2) is 4.68 Å². The lowest BCUT2D eigenvalue weighted by molar-refractivity contribution is 0.0953. The number of benzene rings is 2. The molecule has 0 aliphatic carbocycles. The highest BCUT2D eigenvalue weighted by Gasteiger charge is 2.12. The predicted molar refractivity (Wildman–Crippen MR) is 111 cm³/mol. The SMILES string of the molecule is Cc1nc2ccc(Cl)cc2cc1C(=O)NCCc1ccn(-c2ccccc2)n1. The lowest BCUT2D eigenvalue weighted by Crippen LogP contribution is -2.26. The molecule has 4 aromatic rings. The zero-order valence-corrected chi connectivity index (χ0v) is 16.1. The van der Waals surface area contributed by atoms with Crippen LogP contribution < -0.4 is 5.32 Å². The number of carbonyl (C=O) groups excluding carboxylic acids is 1. The lowest BCUT2D eigenvalue weighted by Gasteiger charge is -2.08. The van der Waals surface area contributed by atoms with Crippen LogP contribution in [-0.2, 0) is 6.42 Å². The Morgan fingerprint density at radius 3 is 2.75 bits per heavy atom. The minimum atomic E-state index is -0.144. The van der Waals surface area contributed by atoms with E-state index >= 15 is 0 Å². The van der Waals surface area contributed by atoms with Crippen molar-refractivity contribution in [3.8, 4) is 5.69 Å². The van der Waals surface area contributed by atoms with E-state index in [0.29, 0.717) is 29.2 Å². The molecule has 140 valence electrons. The van der Waals surface area contributed by atoms with Gasteiger partial charge in [-0.15, -0.1) is 0 Å². The van der Waals surface area contributed by atoms with Gasteiger partial charge in [0.25, 0.3) is 5.91 Å². The molecule has 0 radical (unpaired) electrons. The maximum Gasteiger partial charge on any atom is 0.253 e. The fraction of sp³-hybridized carbons (Fsp3) is 0.136. The fourth-order valence-corrected chi connectivity index (χ4v) is 3.27. The zero-order chi connectivity index (χ0) is 19.5. The Morgan fingerprint density at radius 2 is 1.93 bits per heavy atom. The summed E-state index contributed by atoms with van der Waals surface area (Å²) < 4.78 is 1.83. The molecule has 5 nitrogen and oxygen atoms in total. The van der Waals surface area contributed by atoms with Crippen LogP contribution in [-0.4, -0.2) is 27.2 Å². The number of aryl methyl sites for hydroxylation is 1. The Labute approximate surface area is 168 Å². The van der Waals surface area contributed by atoms with Crippen molar-refractivity contribution in [1.82, 2.24) is 20.1 Å². The third-order valence-electron chi connectivity index (χ3n) is 4.54. The van der Waals surface area contributed by atoms with Gasteiger partial charge in [0.2, 0.25) is 0 Å². The van der Waals surface area contributed by atoms with E-state index in [1.807, 2.05) is 72.4 Å². The number of carbonyl (C=O) groups is 1. The molecule has 0 saturated carbocycles. The Balaban J connectivity index is 1.42. The minimum Gasteiger partial charge on any atom is -0.352 e. The minimum absolute atomic E-state index is 0.144. The molecule has 2 aromatic carbocycles. The number of rotatable bonds is 5. The quantitative estimate of drug-likeness (QED) is 0.551. The van der Waals surface area contributed by atoms with Gasteiger partial charge in [0.15, 0.2) is 0 Å². The van der Waals surface area contributed by atoms with Gasteiger partial charge >= 0.3 is 0 Å². The molecule has 6 heteroatoms. The van der Waals surface area contributed by atoms with Gasteiger partial charge < -0.3 is 5.32 Å². The third kappa shape index (κ3) is 3.89. The summed E-state index contributed by atoms with van der Waals surface area (Å²) in [7, 11) is 0. The van der Waals surface area contributed by atoms with Crippen molar-refractivity contribution >= 4 is 28.4 Å². The Kier molecular flexibility index (Phi) is 5.08. The van der Waals surface area contributed by atoms with Gasteiger partial charge in [0.05, 0.1) is 28.2 Å². The van der Waals surface area contributed by atoms with Gasteiger partial charge in [-0.05, 0) is 49.4 Å². The summed E-state index contributed by atoms with van der Waals surface area (Å²) in [5, 5.41) is 8.99. The number of nitrogens with one attached hydrogen (secondary N) is 1. The normalized spacial score (nSPS) is 10.9. The van der Waals surface area contributed by atoms with Crippen molar-refractivity contribution in [2.75, 3.05) is 6.54 Å². The smallest absolute Gasteiger partial charge is 0.253 e. The van der Waals surface area contributed by atoms with Crippen LogP contribution in [0.15, 0.2) is 66.9 Å². The molecular weight excluding hydrogens is 372 g/mol. The largest absolute Gasteiger partial charge is 0.352 e. The number of amides is 1. The average Bonchev–Trinajstić information content (AvgIpc) is 3.17.